The third kappa shape index (κ3) is 3.99. The van der Waals surface area contributed by atoms with Crippen LogP contribution in [-0.2, 0) is 20.4 Å². The Bertz CT molecular complexity index is 292. The van der Waals surface area contributed by atoms with Gasteiger partial charge in [-0.3, -0.25) is 13.8 Å². The van der Waals surface area contributed by atoms with Gasteiger partial charge in [0.25, 0.3) is 0 Å². The molecule has 0 aromatic heterocycles. The summed E-state index contributed by atoms with van der Waals surface area (Å²) in [5.74, 6) is -1.37. The van der Waals surface area contributed by atoms with Gasteiger partial charge in [-0.15, -0.1) is 0 Å². The largest absolute Gasteiger partial charge is 0.481 e. The Morgan fingerprint density at radius 3 is 2.60 bits per heavy atom. The first-order valence-electron chi connectivity index (χ1n) is 4.83. The lowest BCUT2D eigenvalue weighted by Gasteiger charge is -2.02. The Morgan fingerprint density at radius 1 is 1.47 bits per heavy atom. The first kappa shape index (κ1) is 12.2. The monoisotopic (exact) mass is 233 g/mol. The third-order valence-corrected chi connectivity index (χ3v) is 3.22. The molecular weight excluding hydrogens is 218 g/mol. The van der Waals surface area contributed by atoms with Gasteiger partial charge in [0.1, 0.15) is 0 Å². The summed E-state index contributed by atoms with van der Waals surface area (Å²) in [5, 5.41) is 11.2. The number of carbonyl (C=O) groups is 2. The van der Waals surface area contributed by atoms with Gasteiger partial charge in [-0.1, -0.05) is 0 Å². The van der Waals surface area contributed by atoms with Gasteiger partial charge in [-0.25, -0.2) is 0 Å². The van der Waals surface area contributed by atoms with Crippen molar-refractivity contribution in [1.82, 2.24) is 5.32 Å². The zero-order chi connectivity index (χ0) is 11.4. The number of carboxylic acids is 1. The molecule has 0 radical (unpaired) electrons. The van der Waals surface area contributed by atoms with Crippen LogP contribution < -0.4 is 5.32 Å². The van der Waals surface area contributed by atoms with Gasteiger partial charge in [-0.05, 0) is 12.8 Å². The molecule has 0 saturated heterocycles. The summed E-state index contributed by atoms with van der Waals surface area (Å²) in [6.07, 6.45) is 2.73. The van der Waals surface area contributed by atoms with Crippen LogP contribution in [0.2, 0.25) is 0 Å². The van der Waals surface area contributed by atoms with Crippen molar-refractivity contribution >= 4 is 22.7 Å². The first-order chi connectivity index (χ1) is 7.02. The highest BCUT2D eigenvalue weighted by molar-refractivity contribution is 7.84. The minimum absolute atomic E-state index is 0.190. The highest BCUT2D eigenvalue weighted by Gasteiger charge is 2.48. The lowest BCUT2D eigenvalue weighted by atomic mass is 10.3. The van der Waals surface area contributed by atoms with Crippen LogP contribution in [0.15, 0.2) is 0 Å². The summed E-state index contributed by atoms with van der Waals surface area (Å²) in [5.41, 5.74) is 0. The Labute approximate surface area is 90.7 Å². The van der Waals surface area contributed by atoms with E-state index >= 15 is 0 Å². The summed E-state index contributed by atoms with van der Waals surface area (Å²) in [7, 11) is -0.835. The molecular formula is C9H15NO4S. The fourth-order valence-electron chi connectivity index (χ4n) is 1.38. The SMILES string of the molecule is CS(=O)CCCNC(=O)C1CC1C(=O)O. The lowest BCUT2D eigenvalue weighted by molar-refractivity contribution is -0.140. The van der Waals surface area contributed by atoms with E-state index in [0.717, 1.165) is 0 Å². The maximum absolute atomic E-state index is 11.3. The minimum Gasteiger partial charge on any atom is -0.481 e. The highest BCUT2D eigenvalue weighted by Crippen LogP contribution is 2.38. The van der Waals surface area contributed by atoms with Crippen LogP contribution in [0.5, 0.6) is 0 Å². The predicted molar refractivity (Wildman–Crippen MR) is 55.8 cm³/mol. The highest BCUT2D eigenvalue weighted by atomic mass is 32.2. The zero-order valence-corrected chi connectivity index (χ0v) is 9.38. The molecule has 15 heavy (non-hydrogen) atoms. The second-order valence-corrected chi connectivity index (χ2v) is 5.26. The zero-order valence-electron chi connectivity index (χ0n) is 8.56. The smallest absolute Gasteiger partial charge is 0.307 e. The fraction of sp³-hybridized carbons (Fsp3) is 0.778. The van der Waals surface area contributed by atoms with Crippen molar-refractivity contribution in [2.75, 3.05) is 18.6 Å². The molecule has 2 N–H and O–H groups in total. The van der Waals surface area contributed by atoms with E-state index in [4.69, 9.17) is 5.11 Å². The Kier molecular flexibility index (Phi) is 4.26. The van der Waals surface area contributed by atoms with Gasteiger partial charge >= 0.3 is 5.97 Å². The standard InChI is InChI=1S/C9H15NO4S/c1-15(14)4-2-3-10-8(11)6-5-7(6)9(12)13/h6-7H,2-5H2,1H3,(H,10,11)(H,12,13). The van der Waals surface area contributed by atoms with Gasteiger partial charge in [0, 0.05) is 29.4 Å². The van der Waals surface area contributed by atoms with E-state index in [1.807, 2.05) is 0 Å². The quantitative estimate of drug-likeness (QED) is 0.611. The summed E-state index contributed by atoms with van der Waals surface area (Å²) < 4.78 is 10.7. The van der Waals surface area contributed by atoms with Crippen LogP contribution in [0.4, 0.5) is 0 Å². The van der Waals surface area contributed by atoms with Gasteiger partial charge < -0.3 is 10.4 Å². The van der Waals surface area contributed by atoms with Crippen LogP contribution in [0.1, 0.15) is 12.8 Å². The normalized spacial score (nSPS) is 25.7. The van der Waals surface area contributed by atoms with E-state index in [0.29, 0.717) is 25.1 Å². The number of carbonyl (C=O) groups excluding carboxylic acids is 1. The predicted octanol–water partition coefficient (Wildman–Crippen LogP) is -0.408. The van der Waals surface area contributed by atoms with Crippen molar-refractivity contribution in [3.63, 3.8) is 0 Å². The van der Waals surface area contributed by atoms with E-state index in [9.17, 15) is 13.8 Å². The molecule has 1 rings (SSSR count). The molecule has 0 spiro atoms. The summed E-state index contributed by atoms with van der Waals surface area (Å²) in [6.45, 7) is 0.473. The molecule has 0 aliphatic heterocycles. The average molecular weight is 233 g/mol. The van der Waals surface area contributed by atoms with E-state index in [1.165, 1.54) is 0 Å². The Morgan fingerprint density at radius 2 is 2.13 bits per heavy atom. The maximum atomic E-state index is 11.3. The molecule has 1 amide bonds. The summed E-state index contributed by atoms with van der Waals surface area (Å²) in [4.78, 5) is 21.8. The number of carboxylic acid groups (broad SMARTS) is 1. The summed E-state index contributed by atoms with van der Waals surface area (Å²) >= 11 is 0. The van der Waals surface area contributed by atoms with Crippen LogP contribution in [0, 0.1) is 11.8 Å². The van der Waals surface area contributed by atoms with Gasteiger partial charge in [0.2, 0.25) is 5.91 Å². The van der Waals surface area contributed by atoms with Crippen molar-refractivity contribution in [3.8, 4) is 0 Å². The first-order valence-corrected chi connectivity index (χ1v) is 6.55. The Balaban J connectivity index is 2.10. The topological polar surface area (TPSA) is 83.5 Å². The molecule has 6 heteroatoms. The number of rotatable bonds is 6. The number of nitrogens with one attached hydrogen (secondary N) is 1. The molecule has 1 aliphatic rings. The lowest BCUT2D eigenvalue weighted by Crippen LogP contribution is -2.28. The van der Waals surface area contributed by atoms with E-state index in [-0.39, 0.29) is 11.8 Å². The van der Waals surface area contributed by atoms with E-state index in [1.54, 1.807) is 6.26 Å². The number of amides is 1. The van der Waals surface area contributed by atoms with Crippen molar-refractivity contribution in [2.24, 2.45) is 11.8 Å². The van der Waals surface area contributed by atoms with Crippen LogP contribution >= 0.6 is 0 Å². The van der Waals surface area contributed by atoms with Gasteiger partial charge in [0.15, 0.2) is 0 Å². The maximum Gasteiger partial charge on any atom is 0.307 e. The Hall–Kier alpha value is -0.910. The number of hydrogen-bond acceptors (Lipinski definition) is 3. The molecule has 0 aromatic rings. The molecule has 1 fully saturated rings. The van der Waals surface area contributed by atoms with Crippen molar-refractivity contribution in [2.45, 2.75) is 12.8 Å². The molecule has 3 unspecified atom stereocenters. The molecule has 3 atom stereocenters. The van der Waals surface area contributed by atoms with Crippen molar-refractivity contribution in [3.05, 3.63) is 0 Å². The average Bonchev–Trinajstić information content (AvgIpc) is 2.90. The molecule has 86 valence electrons. The van der Waals surface area contributed by atoms with Crippen molar-refractivity contribution in [1.29, 1.82) is 0 Å². The molecule has 0 heterocycles. The molecule has 1 saturated carbocycles. The molecule has 1 aliphatic carbocycles. The van der Waals surface area contributed by atoms with Gasteiger partial charge in [0.05, 0.1) is 11.8 Å². The fourth-order valence-corrected chi connectivity index (χ4v) is 1.93. The number of aliphatic carboxylic acids is 1. The van der Waals surface area contributed by atoms with Crippen molar-refractivity contribution < 1.29 is 18.9 Å². The van der Waals surface area contributed by atoms with E-state index < -0.39 is 22.7 Å². The van der Waals surface area contributed by atoms with Crippen LogP contribution in [-0.4, -0.2) is 39.7 Å². The minimum atomic E-state index is -0.898. The summed E-state index contributed by atoms with van der Waals surface area (Å²) in [6, 6.07) is 0. The van der Waals surface area contributed by atoms with Crippen LogP contribution in [0.3, 0.4) is 0 Å². The van der Waals surface area contributed by atoms with E-state index in [2.05, 4.69) is 5.32 Å². The molecule has 0 bridgehead atoms. The second-order valence-electron chi connectivity index (χ2n) is 3.71. The second kappa shape index (κ2) is 5.25. The third-order valence-electron chi connectivity index (χ3n) is 2.35. The van der Waals surface area contributed by atoms with Gasteiger partial charge in [-0.2, -0.15) is 0 Å². The molecule has 0 aromatic carbocycles. The number of hydrogen-bond donors (Lipinski definition) is 2. The van der Waals surface area contributed by atoms with Crippen LogP contribution in [0.25, 0.3) is 0 Å². The molecule has 5 nitrogen and oxygen atoms in total.